The Labute approximate surface area is 199 Å². The first-order valence-corrected chi connectivity index (χ1v) is 11.4. The number of nitrogens with zero attached hydrogens (tertiary/aromatic N) is 1. The maximum Gasteiger partial charge on any atom is 0.315 e. The van der Waals surface area contributed by atoms with Gasteiger partial charge in [-0.25, -0.2) is 4.39 Å². The first-order chi connectivity index (χ1) is 16.7. The van der Waals surface area contributed by atoms with E-state index in [1.165, 1.54) is 26.1 Å². The molecule has 176 valence electrons. The van der Waals surface area contributed by atoms with Gasteiger partial charge < -0.3 is 9.88 Å². The highest BCUT2D eigenvalue weighted by molar-refractivity contribution is 5.98. The normalized spacial score (nSPS) is 17.7. The van der Waals surface area contributed by atoms with E-state index in [9.17, 15) is 22.8 Å². The number of pyridine rings is 1. The van der Waals surface area contributed by atoms with Gasteiger partial charge in [0.25, 0.3) is 5.56 Å². The fraction of sp³-hybridized carbons (Fsp3) is 0.214. The van der Waals surface area contributed by atoms with Crippen LogP contribution in [0.15, 0.2) is 59.4 Å². The first-order valence-electron chi connectivity index (χ1n) is 11.4. The van der Waals surface area contributed by atoms with Crippen molar-refractivity contribution >= 4 is 22.4 Å². The molecule has 1 N–H and O–H groups in total. The van der Waals surface area contributed by atoms with Crippen LogP contribution in [0.1, 0.15) is 46.7 Å². The minimum absolute atomic E-state index is 0.0874. The van der Waals surface area contributed by atoms with Gasteiger partial charge in [-0.15, -0.1) is 0 Å². The number of aromatic amines is 1. The molecule has 0 aliphatic heterocycles. The summed E-state index contributed by atoms with van der Waals surface area (Å²) in [6, 6.07) is 14.8. The zero-order valence-electron chi connectivity index (χ0n) is 19.0. The summed E-state index contributed by atoms with van der Waals surface area (Å²) in [6.07, 6.45) is 0.799. The number of hydrogen-bond donors (Lipinski definition) is 1. The molecule has 35 heavy (non-hydrogen) atoms. The lowest BCUT2D eigenvalue weighted by Crippen LogP contribution is -2.24. The van der Waals surface area contributed by atoms with Crippen molar-refractivity contribution in [3.8, 4) is 22.3 Å². The molecule has 2 unspecified atom stereocenters. The number of hydrogen-bond acceptors (Lipinski definition) is 3. The average molecular weight is 474 g/mol. The Kier molecular flexibility index (Phi) is 4.68. The van der Waals surface area contributed by atoms with Crippen LogP contribution >= 0.6 is 0 Å². The van der Waals surface area contributed by atoms with Crippen LogP contribution in [0.4, 0.5) is 18.9 Å². The summed E-state index contributed by atoms with van der Waals surface area (Å²) in [5, 5.41) is 0.799. The second-order valence-electron chi connectivity index (χ2n) is 9.36. The molecule has 3 aromatic carbocycles. The summed E-state index contributed by atoms with van der Waals surface area (Å²) in [5.41, 5.74) is 5.01. The van der Waals surface area contributed by atoms with Crippen molar-refractivity contribution in [1.29, 1.82) is 0 Å². The van der Waals surface area contributed by atoms with E-state index in [-0.39, 0.29) is 23.2 Å². The van der Waals surface area contributed by atoms with Crippen molar-refractivity contribution in [3.63, 3.8) is 0 Å². The molecule has 0 radical (unpaired) electrons. The van der Waals surface area contributed by atoms with Crippen LogP contribution in [0.2, 0.25) is 0 Å². The molecule has 0 bridgehead atoms. The Bertz CT molecular complexity index is 1610. The largest absolute Gasteiger partial charge is 0.321 e. The maximum absolute atomic E-state index is 13.9. The topological polar surface area (TPSA) is 53.2 Å². The Morgan fingerprint density at radius 2 is 1.86 bits per heavy atom. The highest BCUT2D eigenvalue weighted by Crippen LogP contribution is 2.63. The Balaban J connectivity index is 1.66. The number of anilines is 1. The SMILES string of the molecule is CC(=O)c1cccc(-c2cc3c(cc2N(C)C(F)F)C2CC2c2c-3c(=O)[nH]c3cc(F)ccc23)c1. The second kappa shape index (κ2) is 7.57. The molecular formula is C28H21F3N2O2. The summed E-state index contributed by atoms with van der Waals surface area (Å²) >= 11 is 0. The number of nitrogens with one attached hydrogen (secondary N) is 1. The number of ketones is 1. The predicted molar refractivity (Wildman–Crippen MR) is 130 cm³/mol. The average Bonchev–Trinajstić information content (AvgIpc) is 3.63. The molecule has 6 rings (SSSR count). The lowest BCUT2D eigenvalue weighted by Gasteiger charge is -2.27. The van der Waals surface area contributed by atoms with Gasteiger partial charge in [-0.3, -0.25) is 9.59 Å². The lowest BCUT2D eigenvalue weighted by atomic mass is 9.82. The molecule has 0 spiro atoms. The van der Waals surface area contributed by atoms with Crippen molar-refractivity contribution in [2.75, 3.05) is 11.9 Å². The number of fused-ring (bicyclic) bond motifs is 8. The van der Waals surface area contributed by atoms with Crippen LogP contribution in [0.25, 0.3) is 33.2 Å². The van der Waals surface area contributed by atoms with E-state index in [2.05, 4.69) is 4.98 Å². The van der Waals surface area contributed by atoms with E-state index in [0.29, 0.717) is 39.0 Å². The van der Waals surface area contributed by atoms with Crippen molar-refractivity contribution in [2.45, 2.75) is 31.7 Å². The fourth-order valence-corrected chi connectivity index (χ4v) is 5.47. The summed E-state index contributed by atoms with van der Waals surface area (Å²) in [5.74, 6) is -0.363. The fourth-order valence-electron chi connectivity index (χ4n) is 5.47. The highest BCUT2D eigenvalue weighted by atomic mass is 19.3. The molecule has 1 aromatic heterocycles. The van der Waals surface area contributed by atoms with Gasteiger partial charge in [-0.05, 0) is 83.8 Å². The number of carbonyl (C=O) groups excluding carboxylic acids is 1. The van der Waals surface area contributed by atoms with Crippen LogP contribution in [-0.4, -0.2) is 24.4 Å². The summed E-state index contributed by atoms with van der Waals surface area (Å²) in [6.45, 7) is -1.27. The summed E-state index contributed by atoms with van der Waals surface area (Å²) in [7, 11) is 1.33. The number of benzene rings is 3. The first kappa shape index (κ1) is 21.6. The van der Waals surface area contributed by atoms with Crippen LogP contribution in [0.5, 0.6) is 0 Å². The maximum atomic E-state index is 13.9. The minimum Gasteiger partial charge on any atom is -0.321 e. The number of H-pyrrole nitrogens is 1. The number of alkyl halides is 2. The molecule has 0 saturated heterocycles. The standard InChI is InChI=1S/C28H21F3N2O2/c1-13(34)14-4-3-5-15(8-14)18-10-22-20(12-24(18)33(2)28(30)31)19-11-21(19)25-17-7-6-16(29)9-23(17)32-27(35)26(22)25/h3-10,12,19,21,28H,11H2,1-2H3,(H,32,35). The second-order valence-corrected chi connectivity index (χ2v) is 9.36. The number of halogens is 3. The van der Waals surface area contributed by atoms with Crippen LogP contribution < -0.4 is 10.5 Å². The molecule has 7 heteroatoms. The Hall–Kier alpha value is -3.87. The van der Waals surface area contributed by atoms with Gasteiger partial charge in [0.2, 0.25) is 0 Å². The van der Waals surface area contributed by atoms with Gasteiger partial charge in [-0.1, -0.05) is 18.2 Å². The van der Waals surface area contributed by atoms with E-state index in [0.717, 1.165) is 27.8 Å². The number of rotatable bonds is 4. The lowest BCUT2D eigenvalue weighted by molar-refractivity contribution is 0.101. The molecular weight excluding hydrogens is 453 g/mol. The van der Waals surface area contributed by atoms with Crippen LogP contribution in [0, 0.1) is 5.82 Å². The summed E-state index contributed by atoms with van der Waals surface area (Å²) < 4.78 is 41.6. The third kappa shape index (κ3) is 3.29. The van der Waals surface area contributed by atoms with Crippen LogP contribution in [-0.2, 0) is 0 Å². The molecule has 4 aromatic rings. The Morgan fingerprint density at radius 1 is 1.06 bits per heavy atom. The van der Waals surface area contributed by atoms with Gasteiger partial charge in [0, 0.05) is 29.2 Å². The zero-order chi connectivity index (χ0) is 24.6. The molecule has 1 fully saturated rings. The van der Waals surface area contributed by atoms with E-state index in [1.54, 1.807) is 42.5 Å². The third-order valence-electron chi connectivity index (χ3n) is 7.27. The molecule has 2 aliphatic rings. The van der Waals surface area contributed by atoms with Crippen molar-refractivity contribution in [2.24, 2.45) is 0 Å². The summed E-state index contributed by atoms with van der Waals surface area (Å²) in [4.78, 5) is 29.0. The number of aromatic nitrogens is 1. The van der Waals surface area contributed by atoms with Crippen molar-refractivity contribution in [1.82, 2.24) is 4.98 Å². The molecule has 0 amide bonds. The van der Waals surface area contributed by atoms with E-state index >= 15 is 0 Å². The quantitative estimate of drug-likeness (QED) is 0.273. The molecule has 2 aliphatic carbocycles. The van der Waals surface area contributed by atoms with Gasteiger partial charge in [0.1, 0.15) is 5.82 Å². The van der Waals surface area contributed by atoms with E-state index < -0.39 is 12.4 Å². The predicted octanol–water partition coefficient (Wildman–Crippen LogP) is 6.45. The van der Waals surface area contributed by atoms with E-state index in [4.69, 9.17) is 0 Å². The van der Waals surface area contributed by atoms with E-state index in [1.807, 2.05) is 0 Å². The third-order valence-corrected chi connectivity index (χ3v) is 7.27. The molecule has 4 nitrogen and oxygen atoms in total. The van der Waals surface area contributed by atoms with Gasteiger partial charge in [-0.2, -0.15) is 8.78 Å². The molecule has 1 heterocycles. The van der Waals surface area contributed by atoms with Crippen molar-refractivity contribution < 1.29 is 18.0 Å². The zero-order valence-corrected chi connectivity index (χ0v) is 19.0. The molecule has 2 atom stereocenters. The molecule has 1 saturated carbocycles. The monoisotopic (exact) mass is 474 g/mol. The number of carbonyl (C=O) groups is 1. The Morgan fingerprint density at radius 3 is 2.60 bits per heavy atom. The van der Waals surface area contributed by atoms with Gasteiger partial charge in [0.05, 0.1) is 11.1 Å². The smallest absolute Gasteiger partial charge is 0.315 e. The minimum atomic E-state index is -2.73. The number of Topliss-reactive ketones (excluding diaryl/α,β-unsaturated/α-hetero) is 1. The van der Waals surface area contributed by atoms with Crippen molar-refractivity contribution in [3.05, 3.63) is 87.5 Å². The van der Waals surface area contributed by atoms with Gasteiger partial charge in [0.15, 0.2) is 5.78 Å². The van der Waals surface area contributed by atoms with Crippen LogP contribution in [0.3, 0.4) is 0 Å². The highest BCUT2D eigenvalue weighted by Gasteiger charge is 2.48. The van der Waals surface area contributed by atoms with Gasteiger partial charge >= 0.3 is 6.55 Å².